The van der Waals surface area contributed by atoms with E-state index in [1.54, 1.807) is 0 Å². The van der Waals surface area contributed by atoms with Gasteiger partial charge in [-0.3, -0.25) is 0 Å². The van der Waals surface area contributed by atoms with Crippen LogP contribution in [0, 0.1) is 5.92 Å². The Morgan fingerprint density at radius 2 is 1.80 bits per heavy atom. The maximum atomic E-state index is 3.71. The SMILES string of the molecule is CCCCCCC(CNCC(C)C)c1ccccc1Br. The highest BCUT2D eigenvalue weighted by Gasteiger charge is 2.13. The van der Waals surface area contributed by atoms with Gasteiger partial charge in [-0.05, 0) is 36.4 Å². The lowest BCUT2D eigenvalue weighted by Gasteiger charge is -2.20. The lowest BCUT2D eigenvalue weighted by Crippen LogP contribution is -2.25. The number of halogens is 1. The van der Waals surface area contributed by atoms with E-state index in [9.17, 15) is 0 Å². The summed E-state index contributed by atoms with van der Waals surface area (Å²) in [6.07, 6.45) is 6.66. The molecule has 0 spiro atoms. The summed E-state index contributed by atoms with van der Waals surface area (Å²) in [5, 5.41) is 3.63. The molecular formula is C18H30BrN. The van der Waals surface area contributed by atoms with Crippen LogP contribution in [-0.2, 0) is 0 Å². The number of rotatable bonds is 10. The Kier molecular flexibility index (Phi) is 9.21. The molecule has 0 amide bonds. The Hall–Kier alpha value is -0.340. The van der Waals surface area contributed by atoms with Crippen LogP contribution in [0.1, 0.15) is 64.4 Å². The standard InChI is InChI=1S/C18H30BrN/c1-4-5-6-7-10-16(14-20-13-15(2)3)17-11-8-9-12-18(17)19/h8-9,11-12,15-16,20H,4-7,10,13-14H2,1-3H3. The van der Waals surface area contributed by atoms with Crippen molar-refractivity contribution in [2.24, 2.45) is 5.92 Å². The fourth-order valence-corrected chi connectivity index (χ4v) is 3.15. The van der Waals surface area contributed by atoms with E-state index < -0.39 is 0 Å². The van der Waals surface area contributed by atoms with Crippen molar-refractivity contribution >= 4 is 15.9 Å². The molecule has 0 aromatic heterocycles. The van der Waals surface area contributed by atoms with Gasteiger partial charge < -0.3 is 5.32 Å². The Labute approximate surface area is 133 Å². The molecule has 1 aromatic rings. The van der Waals surface area contributed by atoms with E-state index in [2.05, 4.69) is 66.3 Å². The van der Waals surface area contributed by atoms with Crippen molar-refractivity contribution in [2.75, 3.05) is 13.1 Å². The predicted octanol–water partition coefficient (Wildman–Crippen LogP) is 5.75. The maximum Gasteiger partial charge on any atom is 0.0210 e. The summed E-state index contributed by atoms with van der Waals surface area (Å²) in [6.45, 7) is 9.00. The van der Waals surface area contributed by atoms with Crippen LogP contribution in [0.2, 0.25) is 0 Å². The third-order valence-electron chi connectivity index (χ3n) is 3.69. The summed E-state index contributed by atoms with van der Waals surface area (Å²) >= 11 is 3.71. The number of unbranched alkanes of at least 4 members (excludes halogenated alkanes) is 3. The van der Waals surface area contributed by atoms with Gasteiger partial charge in [0.1, 0.15) is 0 Å². The van der Waals surface area contributed by atoms with Gasteiger partial charge in [0.05, 0.1) is 0 Å². The van der Waals surface area contributed by atoms with Crippen LogP contribution >= 0.6 is 15.9 Å². The number of hydrogen-bond donors (Lipinski definition) is 1. The molecule has 1 rings (SSSR count). The Balaban J connectivity index is 2.56. The van der Waals surface area contributed by atoms with Gasteiger partial charge in [0.15, 0.2) is 0 Å². The van der Waals surface area contributed by atoms with Crippen LogP contribution in [-0.4, -0.2) is 13.1 Å². The van der Waals surface area contributed by atoms with Gasteiger partial charge in [0.2, 0.25) is 0 Å². The Bertz CT molecular complexity index is 362. The molecule has 1 N–H and O–H groups in total. The monoisotopic (exact) mass is 339 g/mol. The topological polar surface area (TPSA) is 12.0 Å². The number of nitrogens with one attached hydrogen (secondary N) is 1. The first-order valence-electron chi connectivity index (χ1n) is 8.10. The van der Waals surface area contributed by atoms with Gasteiger partial charge in [-0.15, -0.1) is 0 Å². The zero-order chi connectivity index (χ0) is 14.8. The first kappa shape index (κ1) is 17.7. The second kappa shape index (κ2) is 10.4. The van der Waals surface area contributed by atoms with Gasteiger partial charge in [-0.2, -0.15) is 0 Å². The van der Waals surface area contributed by atoms with E-state index >= 15 is 0 Å². The zero-order valence-electron chi connectivity index (χ0n) is 13.3. The summed E-state index contributed by atoms with van der Waals surface area (Å²) in [6, 6.07) is 8.69. The van der Waals surface area contributed by atoms with Crippen LogP contribution in [0.15, 0.2) is 28.7 Å². The summed E-state index contributed by atoms with van der Waals surface area (Å²) in [5.74, 6) is 1.34. The average molecular weight is 340 g/mol. The fraction of sp³-hybridized carbons (Fsp3) is 0.667. The fourth-order valence-electron chi connectivity index (χ4n) is 2.54. The molecule has 0 aliphatic carbocycles. The van der Waals surface area contributed by atoms with E-state index in [0.717, 1.165) is 19.0 Å². The molecule has 0 heterocycles. The summed E-state index contributed by atoms with van der Waals surface area (Å²) in [7, 11) is 0. The third kappa shape index (κ3) is 6.90. The van der Waals surface area contributed by atoms with Gasteiger partial charge in [-0.1, -0.05) is 80.6 Å². The molecule has 0 aliphatic rings. The number of benzene rings is 1. The van der Waals surface area contributed by atoms with Crippen molar-refractivity contribution in [1.29, 1.82) is 0 Å². The molecule has 0 radical (unpaired) electrons. The van der Waals surface area contributed by atoms with Crippen LogP contribution in [0.25, 0.3) is 0 Å². The van der Waals surface area contributed by atoms with Gasteiger partial charge in [0.25, 0.3) is 0 Å². The summed E-state index contributed by atoms with van der Waals surface area (Å²) < 4.78 is 1.26. The molecule has 20 heavy (non-hydrogen) atoms. The van der Waals surface area contributed by atoms with E-state index in [-0.39, 0.29) is 0 Å². The molecule has 1 unspecified atom stereocenters. The molecule has 0 aliphatic heterocycles. The summed E-state index contributed by atoms with van der Waals surface area (Å²) in [5.41, 5.74) is 1.46. The van der Waals surface area contributed by atoms with Crippen LogP contribution in [0.5, 0.6) is 0 Å². The Morgan fingerprint density at radius 1 is 1.05 bits per heavy atom. The molecule has 0 saturated heterocycles. The van der Waals surface area contributed by atoms with E-state index in [1.165, 1.54) is 42.1 Å². The highest BCUT2D eigenvalue weighted by atomic mass is 79.9. The molecular weight excluding hydrogens is 310 g/mol. The van der Waals surface area contributed by atoms with E-state index in [1.807, 2.05) is 0 Å². The van der Waals surface area contributed by atoms with Crippen LogP contribution in [0.3, 0.4) is 0 Å². The molecule has 1 nitrogen and oxygen atoms in total. The highest BCUT2D eigenvalue weighted by molar-refractivity contribution is 9.10. The molecule has 1 atom stereocenters. The van der Waals surface area contributed by atoms with Gasteiger partial charge >= 0.3 is 0 Å². The smallest absolute Gasteiger partial charge is 0.0210 e. The number of hydrogen-bond acceptors (Lipinski definition) is 1. The molecule has 2 heteroatoms. The second-order valence-corrected chi connectivity index (χ2v) is 6.97. The van der Waals surface area contributed by atoms with Crippen molar-refractivity contribution < 1.29 is 0 Å². The first-order chi connectivity index (χ1) is 9.65. The minimum Gasteiger partial charge on any atom is -0.316 e. The highest BCUT2D eigenvalue weighted by Crippen LogP contribution is 2.28. The van der Waals surface area contributed by atoms with Crippen LogP contribution in [0.4, 0.5) is 0 Å². The quantitative estimate of drug-likeness (QED) is 0.535. The largest absolute Gasteiger partial charge is 0.316 e. The minimum atomic E-state index is 0.626. The molecule has 0 bridgehead atoms. The molecule has 0 fully saturated rings. The normalized spacial score (nSPS) is 12.8. The minimum absolute atomic E-state index is 0.626. The van der Waals surface area contributed by atoms with Crippen molar-refractivity contribution in [3.05, 3.63) is 34.3 Å². The molecule has 114 valence electrons. The second-order valence-electron chi connectivity index (χ2n) is 6.12. The average Bonchev–Trinajstić information content (AvgIpc) is 2.42. The van der Waals surface area contributed by atoms with Gasteiger partial charge in [0, 0.05) is 11.0 Å². The maximum absolute atomic E-state index is 3.71. The zero-order valence-corrected chi connectivity index (χ0v) is 14.9. The van der Waals surface area contributed by atoms with Crippen LogP contribution < -0.4 is 5.32 Å². The molecule has 1 aromatic carbocycles. The van der Waals surface area contributed by atoms with Crippen molar-refractivity contribution in [2.45, 2.75) is 58.8 Å². The van der Waals surface area contributed by atoms with Crippen molar-refractivity contribution in [3.8, 4) is 0 Å². The predicted molar refractivity (Wildman–Crippen MR) is 93.3 cm³/mol. The lowest BCUT2D eigenvalue weighted by molar-refractivity contribution is 0.482. The van der Waals surface area contributed by atoms with E-state index in [0.29, 0.717) is 5.92 Å². The van der Waals surface area contributed by atoms with Gasteiger partial charge in [-0.25, -0.2) is 0 Å². The van der Waals surface area contributed by atoms with Crippen molar-refractivity contribution in [3.63, 3.8) is 0 Å². The first-order valence-corrected chi connectivity index (χ1v) is 8.89. The Morgan fingerprint density at radius 3 is 2.45 bits per heavy atom. The summed E-state index contributed by atoms with van der Waals surface area (Å²) in [4.78, 5) is 0. The lowest BCUT2D eigenvalue weighted by atomic mass is 9.92. The molecule has 0 saturated carbocycles. The van der Waals surface area contributed by atoms with Crippen molar-refractivity contribution in [1.82, 2.24) is 5.32 Å². The van der Waals surface area contributed by atoms with E-state index in [4.69, 9.17) is 0 Å². The third-order valence-corrected chi connectivity index (χ3v) is 4.42.